The first-order valence-corrected chi connectivity index (χ1v) is 4.64. The minimum Gasteiger partial charge on any atom is -0.396 e. The second-order valence-corrected chi connectivity index (χ2v) is 3.54. The molecule has 0 spiro atoms. The van der Waals surface area contributed by atoms with E-state index in [1.165, 1.54) is 0 Å². The largest absolute Gasteiger partial charge is 0.396 e. The van der Waals surface area contributed by atoms with Crippen molar-refractivity contribution in [2.45, 2.75) is 12.5 Å². The van der Waals surface area contributed by atoms with Crippen LogP contribution in [0.5, 0.6) is 0 Å². The quantitative estimate of drug-likeness (QED) is 0.822. The van der Waals surface area contributed by atoms with E-state index in [-0.39, 0.29) is 13.0 Å². The molecule has 4 heteroatoms. The second kappa shape index (κ2) is 4.82. The highest BCUT2D eigenvalue weighted by molar-refractivity contribution is 6.33. The molecule has 1 atom stereocenters. The Morgan fingerprint density at radius 2 is 2.00 bits per heavy atom. The van der Waals surface area contributed by atoms with Crippen LogP contribution in [-0.2, 0) is 0 Å². The van der Waals surface area contributed by atoms with Gasteiger partial charge in [0.05, 0.1) is 6.10 Å². The lowest BCUT2D eigenvalue weighted by Gasteiger charge is -2.11. The molecule has 2 N–H and O–H groups in total. The Hall–Kier alpha value is -0.280. The van der Waals surface area contributed by atoms with E-state index in [1.807, 2.05) is 0 Å². The predicted molar refractivity (Wildman–Crippen MR) is 53.1 cm³/mol. The van der Waals surface area contributed by atoms with E-state index in [0.29, 0.717) is 15.6 Å². The van der Waals surface area contributed by atoms with Gasteiger partial charge in [-0.15, -0.1) is 0 Å². The molecule has 2 nitrogen and oxygen atoms in total. The summed E-state index contributed by atoms with van der Waals surface area (Å²) in [6.45, 7) is -0.0794. The summed E-state index contributed by atoms with van der Waals surface area (Å²) in [6.07, 6.45) is -0.490. The van der Waals surface area contributed by atoms with Crippen LogP contribution in [-0.4, -0.2) is 16.8 Å². The molecular weight excluding hydrogens is 211 g/mol. The molecule has 0 fully saturated rings. The lowest BCUT2D eigenvalue weighted by atomic mass is 10.1. The van der Waals surface area contributed by atoms with Crippen molar-refractivity contribution in [2.24, 2.45) is 0 Å². The third kappa shape index (κ3) is 2.85. The van der Waals surface area contributed by atoms with Crippen LogP contribution in [0, 0.1) is 0 Å². The lowest BCUT2D eigenvalue weighted by Crippen LogP contribution is -2.00. The Morgan fingerprint density at radius 1 is 1.31 bits per heavy atom. The third-order valence-corrected chi connectivity index (χ3v) is 2.30. The van der Waals surface area contributed by atoms with Gasteiger partial charge in [0.15, 0.2) is 0 Å². The van der Waals surface area contributed by atoms with Crippen molar-refractivity contribution in [1.82, 2.24) is 0 Å². The van der Waals surface area contributed by atoms with E-state index in [0.717, 1.165) is 0 Å². The van der Waals surface area contributed by atoms with Crippen LogP contribution >= 0.6 is 23.2 Å². The van der Waals surface area contributed by atoms with Crippen molar-refractivity contribution < 1.29 is 10.2 Å². The second-order valence-electron chi connectivity index (χ2n) is 2.69. The van der Waals surface area contributed by atoms with Crippen LogP contribution in [0.15, 0.2) is 18.2 Å². The zero-order valence-corrected chi connectivity index (χ0v) is 8.39. The fourth-order valence-electron chi connectivity index (χ4n) is 1.05. The number of aliphatic hydroxyl groups is 2. The summed E-state index contributed by atoms with van der Waals surface area (Å²) < 4.78 is 0. The van der Waals surface area contributed by atoms with Crippen molar-refractivity contribution in [3.63, 3.8) is 0 Å². The summed E-state index contributed by atoms with van der Waals surface area (Å²) in [4.78, 5) is 0. The van der Waals surface area contributed by atoms with Gasteiger partial charge in [-0.25, -0.2) is 0 Å². The molecule has 0 aliphatic rings. The number of hydrogen-bond acceptors (Lipinski definition) is 2. The summed E-state index contributed by atoms with van der Waals surface area (Å²) >= 11 is 11.6. The number of hydrogen-bond donors (Lipinski definition) is 2. The minimum absolute atomic E-state index is 0.0794. The van der Waals surface area contributed by atoms with Gasteiger partial charge in [-0.05, 0) is 18.2 Å². The third-order valence-electron chi connectivity index (χ3n) is 1.72. The number of aliphatic hydroxyl groups excluding tert-OH is 2. The summed E-state index contributed by atoms with van der Waals surface area (Å²) in [5, 5.41) is 19.1. The topological polar surface area (TPSA) is 40.5 Å². The first kappa shape index (κ1) is 10.8. The molecule has 0 bridgehead atoms. The van der Waals surface area contributed by atoms with Crippen molar-refractivity contribution in [1.29, 1.82) is 0 Å². The van der Waals surface area contributed by atoms with Crippen molar-refractivity contribution >= 4 is 23.2 Å². The van der Waals surface area contributed by atoms with Crippen LogP contribution in [0.3, 0.4) is 0 Å². The zero-order valence-electron chi connectivity index (χ0n) is 6.87. The minimum atomic E-state index is -0.754. The van der Waals surface area contributed by atoms with Gasteiger partial charge >= 0.3 is 0 Å². The number of halogens is 2. The van der Waals surface area contributed by atoms with Crippen LogP contribution in [0.1, 0.15) is 18.1 Å². The molecule has 0 saturated heterocycles. The van der Waals surface area contributed by atoms with Gasteiger partial charge in [0, 0.05) is 28.6 Å². The SMILES string of the molecule is OCC[C@@H](O)c1cc(Cl)ccc1Cl. The lowest BCUT2D eigenvalue weighted by molar-refractivity contribution is 0.134. The van der Waals surface area contributed by atoms with Crippen LogP contribution in [0.2, 0.25) is 10.0 Å². The molecule has 0 radical (unpaired) electrons. The Morgan fingerprint density at radius 3 is 2.62 bits per heavy atom. The monoisotopic (exact) mass is 220 g/mol. The Labute approximate surface area is 86.7 Å². The molecule has 0 aliphatic carbocycles. The van der Waals surface area contributed by atoms with Gasteiger partial charge in [0.25, 0.3) is 0 Å². The van der Waals surface area contributed by atoms with E-state index < -0.39 is 6.10 Å². The maximum absolute atomic E-state index is 9.52. The van der Waals surface area contributed by atoms with Gasteiger partial charge in [0.2, 0.25) is 0 Å². The molecule has 0 saturated carbocycles. The molecule has 0 amide bonds. The average Bonchev–Trinajstić information content (AvgIpc) is 2.09. The van der Waals surface area contributed by atoms with E-state index in [2.05, 4.69) is 0 Å². The fraction of sp³-hybridized carbons (Fsp3) is 0.333. The molecule has 13 heavy (non-hydrogen) atoms. The van der Waals surface area contributed by atoms with E-state index in [9.17, 15) is 5.11 Å². The molecule has 1 rings (SSSR count). The van der Waals surface area contributed by atoms with Crippen LogP contribution in [0.25, 0.3) is 0 Å². The Kier molecular flexibility index (Phi) is 4.00. The smallest absolute Gasteiger partial charge is 0.0826 e. The van der Waals surface area contributed by atoms with Crippen molar-refractivity contribution in [2.75, 3.05) is 6.61 Å². The van der Waals surface area contributed by atoms with Gasteiger partial charge < -0.3 is 10.2 Å². The summed E-state index contributed by atoms with van der Waals surface area (Å²) in [6, 6.07) is 4.88. The molecule has 1 aromatic carbocycles. The first-order valence-electron chi connectivity index (χ1n) is 3.89. The fourth-order valence-corrected chi connectivity index (χ4v) is 1.47. The van der Waals surface area contributed by atoms with Crippen molar-refractivity contribution in [3.8, 4) is 0 Å². The maximum atomic E-state index is 9.52. The molecule has 0 unspecified atom stereocenters. The summed E-state index contributed by atoms with van der Waals surface area (Å²) in [5.74, 6) is 0. The molecule has 0 aromatic heterocycles. The first-order chi connectivity index (χ1) is 6.15. The molecule has 0 heterocycles. The number of benzene rings is 1. The zero-order chi connectivity index (χ0) is 9.84. The van der Waals surface area contributed by atoms with E-state index >= 15 is 0 Å². The van der Waals surface area contributed by atoms with E-state index in [1.54, 1.807) is 18.2 Å². The van der Waals surface area contributed by atoms with E-state index in [4.69, 9.17) is 28.3 Å². The highest BCUT2D eigenvalue weighted by Gasteiger charge is 2.10. The normalized spacial score (nSPS) is 12.9. The predicted octanol–water partition coefficient (Wildman–Crippen LogP) is 2.41. The Balaban J connectivity index is 2.91. The van der Waals surface area contributed by atoms with Gasteiger partial charge in [-0.3, -0.25) is 0 Å². The van der Waals surface area contributed by atoms with Gasteiger partial charge in [-0.2, -0.15) is 0 Å². The molecule has 1 aromatic rings. The van der Waals surface area contributed by atoms with Gasteiger partial charge in [-0.1, -0.05) is 23.2 Å². The highest BCUT2D eigenvalue weighted by Crippen LogP contribution is 2.27. The maximum Gasteiger partial charge on any atom is 0.0826 e. The molecular formula is C9H10Cl2O2. The molecule has 72 valence electrons. The highest BCUT2D eigenvalue weighted by atomic mass is 35.5. The number of rotatable bonds is 3. The van der Waals surface area contributed by atoms with Gasteiger partial charge in [0.1, 0.15) is 0 Å². The molecule has 0 aliphatic heterocycles. The van der Waals surface area contributed by atoms with Crippen LogP contribution in [0.4, 0.5) is 0 Å². The van der Waals surface area contributed by atoms with Crippen LogP contribution < -0.4 is 0 Å². The summed E-state index contributed by atoms with van der Waals surface area (Å²) in [5.41, 5.74) is 0.559. The average molecular weight is 221 g/mol. The van der Waals surface area contributed by atoms with Crippen molar-refractivity contribution in [3.05, 3.63) is 33.8 Å². The Bertz CT molecular complexity index is 289. The standard InChI is InChI=1S/C9H10Cl2O2/c10-6-1-2-8(11)7(5-6)9(13)3-4-12/h1-2,5,9,12-13H,3-4H2/t9-/m1/s1. The summed E-state index contributed by atoms with van der Waals surface area (Å²) in [7, 11) is 0.